The Labute approximate surface area is 111 Å². The average molecular weight is 305 g/mol. The normalized spacial score (nSPS) is 11.2. The van der Waals surface area contributed by atoms with E-state index in [1.54, 1.807) is 24.3 Å². The molecule has 0 saturated heterocycles. The Morgan fingerprint density at radius 3 is 1.61 bits per heavy atom. The zero-order valence-electron chi connectivity index (χ0n) is 9.18. The predicted octanol–water partition coefficient (Wildman–Crippen LogP) is 3.87. The lowest BCUT2D eigenvalue weighted by Gasteiger charge is -2.11. The van der Waals surface area contributed by atoms with Gasteiger partial charge in [0.1, 0.15) is 17.2 Å². The number of rotatable bonds is 0. The number of fused-ring (bicyclic) bond motifs is 2. The van der Waals surface area contributed by atoms with E-state index in [0.29, 0.717) is 21.5 Å². The zero-order valence-corrected chi connectivity index (χ0v) is 10.8. The molecule has 0 atom stereocenters. The fourth-order valence-electron chi connectivity index (χ4n) is 2.21. The van der Waals surface area contributed by atoms with Crippen LogP contribution in [0.2, 0.25) is 0 Å². The monoisotopic (exact) mass is 304 g/mol. The summed E-state index contributed by atoms with van der Waals surface area (Å²) < 4.78 is 0.733. The summed E-state index contributed by atoms with van der Waals surface area (Å²) in [6.07, 6.45) is 0. The van der Waals surface area contributed by atoms with Crippen LogP contribution >= 0.6 is 15.9 Å². The summed E-state index contributed by atoms with van der Waals surface area (Å²) >= 11 is 3.45. The van der Waals surface area contributed by atoms with Gasteiger partial charge >= 0.3 is 0 Å². The molecule has 3 N–H and O–H groups in total. The molecule has 90 valence electrons. The molecular formula is C14H9BrO3. The third kappa shape index (κ3) is 1.36. The maximum Gasteiger partial charge on any atom is 0.138 e. The van der Waals surface area contributed by atoms with Crippen molar-refractivity contribution in [2.24, 2.45) is 0 Å². The summed E-state index contributed by atoms with van der Waals surface area (Å²) in [7, 11) is 0. The number of aromatic hydroxyl groups is 3. The Morgan fingerprint density at radius 1 is 0.722 bits per heavy atom. The van der Waals surface area contributed by atoms with Crippen LogP contribution in [-0.2, 0) is 0 Å². The molecule has 0 aromatic heterocycles. The topological polar surface area (TPSA) is 60.7 Å². The van der Waals surface area contributed by atoms with Crippen molar-refractivity contribution in [1.29, 1.82) is 0 Å². The van der Waals surface area contributed by atoms with Crippen LogP contribution in [0.4, 0.5) is 0 Å². The molecule has 0 amide bonds. The first kappa shape index (κ1) is 11.2. The highest BCUT2D eigenvalue weighted by Crippen LogP contribution is 2.46. The van der Waals surface area contributed by atoms with Crippen molar-refractivity contribution in [3.8, 4) is 17.2 Å². The maximum absolute atomic E-state index is 10.3. The van der Waals surface area contributed by atoms with Crippen molar-refractivity contribution in [1.82, 2.24) is 0 Å². The molecule has 0 saturated carbocycles. The van der Waals surface area contributed by atoms with Gasteiger partial charge in [0.05, 0.1) is 10.8 Å². The van der Waals surface area contributed by atoms with Gasteiger partial charge in [-0.25, -0.2) is 0 Å². The van der Waals surface area contributed by atoms with Gasteiger partial charge in [-0.1, -0.05) is 24.3 Å². The van der Waals surface area contributed by atoms with Gasteiger partial charge in [0.25, 0.3) is 0 Å². The molecule has 0 aliphatic carbocycles. The third-order valence-corrected chi connectivity index (χ3v) is 3.89. The van der Waals surface area contributed by atoms with Crippen LogP contribution in [0.1, 0.15) is 0 Å². The van der Waals surface area contributed by atoms with E-state index >= 15 is 0 Å². The number of hydrogen-bond donors (Lipinski definition) is 3. The van der Waals surface area contributed by atoms with Crippen LogP contribution < -0.4 is 0 Å². The van der Waals surface area contributed by atoms with E-state index in [4.69, 9.17) is 0 Å². The zero-order chi connectivity index (χ0) is 12.9. The van der Waals surface area contributed by atoms with Gasteiger partial charge in [-0.15, -0.1) is 0 Å². The standard InChI is InChI=1S/C14H9BrO3/c15-13-7-3-1-5-9(16)11(7)14(18)12-8(13)4-2-6-10(12)17/h1-6,16-18H. The van der Waals surface area contributed by atoms with Gasteiger partial charge in [-0.2, -0.15) is 0 Å². The Morgan fingerprint density at radius 2 is 1.17 bits per heavy atom. The Hall–Kier alpha value is -1.94. The Bertz CT molecular complexity index is 718. The largest absolute Gasteiger partial charge is 0.507 e. The summed E-state index contributed by atoms with van der Waals surface area (Å²) in [6.45, 7) is 0. The van der Waals surface area contributed by atoms with Crippen LogP contribution in [0.5, 0.6) is 17.2 Å². The van der Waals surface area contributed by atoms with Crippen LogP contribution in [-0.4, -0.2) is 15.3 Å². The lowest BCUT2D eigenvalue weighted by atomic mass is 10.0. The fourth-order valence-corrected chi connectivity index (χ4v) is 2.87. The van der Waals surface area contributed by atoms with E-state index in [0.717, 1.165) is 4.47 Å². The molecule has 4 heteroatoms. The highest BCUT2D eigenvalue weighted by molar-refractivity contribution is 9.10. The molecule has 0 unspecified atom stereocenters. The minimum absolute atomic E-state index is 0.0177. The quantitative estimate of drug-likeness (QED) is 0.552. The second-order valence-corrected chi connectivity index (χ2v) is 4.85. The third-order valence-electron chi connectivity index (χ3n) is 3.03. The highest BCUT2D eigenvalue weighted by atomic mass is 79.9. The van der Waals surface area contributed by atoms with Gasteiger partial charge in [-0.05, 0) is 28.1 Å². The van der Waals surface area contributed by atoms with E-state index in [-0.39, 0.29) is 17.2 Å². The summed E-state index contributed by atoms with van der Waals surface area (Å²) in [5, 5.41) is 32.0. The van der Waals surface area contributed by atoms with Crippen LogP contribution in [0.15, 0.2) is 40.9 Å². The van der Waals surface area contributed by atoms with Crippen LogP contribution in [0, 0.1) is 0 Å². The molecular weight excluding hydrogens is 296 g/mol. The Kier molecular flexibility index (Phi) is 2.35. The first-order chi connectivity index (χ1) is 8.61. The molecule has 18 heavy (non-hydrogen) atoms. The van der Waals surface area contributed by atoms with E-state index in [1.165, 1.54) is 12.1 Å². The number of hydrogen-bond acceptors (Lipinski definition) is 3. The SMILES string of the molecule is Oc1cccc2c(Br)c3cccc(O)c3c(O)c12. The molecule has 0 aliphatic heterocycles. The van der Waals surface area contributed by atoms with Gasteiger partial charge in [0.2, 0.25) is 0 Å². The number of benzene rings is 3. The van der Waals surface area contributed by atoms with Crippen molar-refractivity contribution in [2.75, 3.05) is 0 Å². The lowest BCUT2D eigenvalue weighted by molar-refractivity contribution is 0.459. The molecule has 0 bridgehead atoms. The summed E-state index contributed by atoms with van der Waals surface area (Å²) in [4.78, 5) is 0. The first-order valence-electron chi connectivity index (χ1n) is 5.35. The number of phenolic OH excluding ortho intramolecular Hbond substituents is 3. The van der Waals surface area contributed by atoms with Gasteiger partial charge in [0, 0.05) is 15.2 Å². The van der Waals surface area contributed by atoms with Gasteiger partial charge in [0.15, 0.2) is 0 Å². The molecule has 0 spiro atoms. The van der Waals surface area contributed by atoms with Crippen molar-refractivity contribution in [2.45, 2.75) is 0 Å². The molecule has 0 heterocycles. The highest BCUT2D eigenvalue weighted by Gasteiger charge is 2.16. The van der Waals surface area contributed by atoms with Crippen LogP contribution in [0.25, 0.3) is 21.5 Å². The van der Waals surface area contributed by atoms with E-state index in [2.05, 4.69) is 15.9 Å². The van der Waals surface area contributed by atoms with E-state index in [9.17, 15) is 15.3 Å². The smallest absolute Gasteiger partial charge is 0.138 e. The van der Waals surface area contributed by atoms with Crippen molar-refractivity contribution in [3.63, 3.8) is 0 Å². The molecule has 3 aromatic rings. The molecule has 0 fully saturated rings. The average Bonchev–Trinajstić information content (AvgIpc) is 2.35. The molecule has 3 aromatic carbocycles. The van der Waals surface area contributed by atoms with Gasteiger partial charge < -0.3 is 15.3 Å². The van der Waals surface area contributed by atoms with E-state index in [1.807, 2.05) is 0 Å². The minimum atomic E-state index is -0.112. The van der Waals surface area contributed by atoms with Gasteiger partial charge in [-0.3, -0.25) is 0 Å². The van der Waals surface area contributed by atoms with Crippen LogP contribution in [0.3, 0.4) is 0 Å². The lowest BCUT2D eigenvalue weighted by Crippen LogP contribution is -1.83. The second-order valence-electron chi connectivity index (χ2n) is 4.06. The first-order valence-corrected chi connectivity index (χ1v) is 6.14. The molecule has 3 rings (SSSR count). The summed E-state index contributed by atoms with van der Waals surface area (Å²) in [6, 6.07) is 10.00. The Balaban J connectivity index is 2.71. The number of halogens is 1. The summed E-state index contributed by atoms with van der Waals surface area (Å²) in [5.41, 5.74) is 0. The second kappa shape index (κ2) is 3.78. The molecule has 3 nitrogen and oxygen atoms in total. The number of phenols is 3. The van der Waals surface area contributed by atoms with E-state index < -0.39 is 0 Å². The van der Waals surface area contributed by atoms with Crippen molar-refractivity contribution >= 4 is 37.5 Å². The molecule has 0 aliphatic rings. The molecule has 0 radical (unpaired) electrons. The summed E-state index contributed by atoms with van der Waals surface area (Å²) in [5.74, 6) is -0.147. The maximum atomic E-state index is 10.3. The predicted molar refractivity (Wildman–Crippen MR) is 74.1 cm³/mol. The minimum Gasteiger partial charge on any atom is -0.507 e. The fraction of sp³-hybridized carbons (Fsp3) is 0. The van der Waals surface area contributed by atoms with Crippen molar-refractivity contribution in [3.05, 3.63) is 40.9 Å². The van der Waals surface area contributed by atoms with Crippen molar-refractivity contribution < 1.29 is 15.3 Å².